The van der Waals surface area contributed by atoms with Crippen LogP contribution in [0, 0.1) is 142 Å². The fourth-order valence-electron chi connectivity index (χ4n) is 29.8. The summed E-state index contributed by atoms with van der Waals surface area (Å²) in [6.07, 6.45) is 132. The number of hydrogen-bond donors (Lipinski definition) is 0. The predicted octanol–water partition coefficient (Wildman–Crippen LogP) is 41.9. The molecule has 0 heterocycles. The molecule has 0 radical (unpaired) electrons. The molecule has 12 rings (SSSR count). The minimum Gasteiger partial charge on any atom is -0.462 e. The summed E-state index contributed by atoms with van der Waals surface area (Å²) in [4.78, 5) is 44.4. The van der Waals surface area contributed by atoms with Gasteiger partial charge in [-0.2, -0.15) is 0 Å². The van der Waals surface area contributed by atoms with Gasteiger partial charge in [-0.1, -0.05) is 427 Å². The molecule has 150 heavy (non-hydrogen) atoms. The summed E-state index contributed by atoms with van der Waals surface area (Å²) in [6, 6.07) is 0. The first-order valence-corrected chi connectivity index (χ1v) is 69.9. The number of ether oxygens (including phenoxy) is 3. The van der Waals surface area contributed by atoms with Crippen LogP contribution in [0.1, 0.15) is 658 Å². The monoisotopic (exact) mass is 2090 g/mol. The highest BCUT2D eigenvalue weighted by molar-refractivity contribution is 5.70. The highest BCUT2D eigenvalue weighted by Gasteiger charge is 2.52. The Bertz CT molecular complexity index is 3110. The molecule has 9 heteroatoms. The second kappa shape index (κ2) is 79.4. The van der Waals surface area contributed by atoms with Crippen LogP contribution >= 0.6 is 0 Å². The van der Waals surface area contributed by atoms with Gasteiger partial charge in [0, 0.05) is 19.3 Å². The van der Waals surface area contributed by atoms with Crippen LogP contribution in [0.3, 0.4) is 0 Å². The Kier molecular flexibility index (Phi) is 68.8. The first-order valence-electron chi connectivity index (χ1n) is 69.9. The molecular formula is C141H261N3O6. The van der Waals surface area contributed by atoms with Gasteiger partial charge in [-0.3, -0.25) is 14.4 Å². The van der Waals surface area contributed by atoms with Crippen LogP contribution in [-0.4, -0.2) is 113 Å². The van der Waals surface area contributed by atoms with E-state index >= 15 is 0 Å². The predicted molar refractivity (Wildman–Crippen MR) is 646 cm³/mol. The largest absolute Gasteiger partial charge is 0.462 e. The highest BCUT2D eigenvalue weighted by Crippen LogP contribution is 2.62. The van der Waals surface area contributed by atoms with Gasteiger partial charge in [0.2, 0.25) is 0 Å². The summed E-state index contributed by atoms with van der Waals surface area (Å²) in [6.45, 7) is 16.9. The van der Waals surface area contributed by atoms with Crippen LogP contribution in [0.25, 0.3) is 0 Å². The maximum Gasteiger partial charge on any atom is 0.306 e. The third kappa shape index (κ3) is 63.6. The van der Waals surface area contributed by atoms with Crippen molar-refractivity contribution in [2.24, 2.45) is 142 Å². The molecule has 0 saturated heterocycles. The molecular weight excluding hydrogens is 1830 g/mol. The van der Waals surface area contributed by atoms with Gasteiger partial charge in [-0.25, -0.2) is 0 Å². The lowest BCUT2D eigenvalue weighted by atomic mass is 10.0. The van der Waals surface area contributed by atoms with Crippen molar-refractivity contribution >= 4 is 17.9 Å². The van der Waals surface area contributed by atoms with Crippen molar-refractivity contribution < 1.29 is 28.6 Å². The molecule has 0 amide bonds. The molecule has 0 aliphatic heterocycles. The molecule has 24 atom stereocenters. The van der Waals surface area contributed by atoms with Crippen molar-refractivity contribution in [1.29, 1.82) is 0 Å². The van der Waals surface area contributed by atoms with Gasteiger partial charge >= 0.3 is 17.9 Å². The summed E-state index contributed by atoms with van der Waals surface area (Å²) < 4.78 is 18.2. The average molecular weight is 2090 g/mol. The van der Waals surface area contributed by atoms with E-state index in [9.17, 15) is 14.4 Å². The molecule has 12 aliphatic carbocycles. The Hall–Kier alpha value is -1.71. The third-order valence-electron chi connectivity index (χ3n) is 41.7. The van der Waals surface area contributed by atoms with Gasteiger partial charge in [0.1, 0.15) is 18.3 Å². The molecule has 0 spiro atoms. The van der Waals surface area contributed by atoms with Crippen LogP contribution in [0.5, 0.6) is 0 Å². The molecule has 12 aliphatic rings. The maximum absolute atomic E-state index is 12.7. The van der Waals surface area contributed by atoms with Crippen molar-refractivity contribution in [3.8, 4) is 0 Å². The lowest BCUT2D eigenvalue weighted by molar-refractivity contribution is -0.151. The number of carbonyl (C=O) groups excluding carboxylic acids is 3. The van der Waals surface area contributed by atoms with E-state index in [1.165, 1.54) is 437 Å². The van der Waals surface area contributed by atoms with Crippen LogP contribution in [0.2, 0.25) is 0 Å². The van der Waals surface area contributed by atoms with E-state index < -0.39 is 0 Å². The number of carbonyl (C=O) groups is 3. The van der Waals surface area contributed by atoms with Gasteiger partial charge in [-0.15, -0.1) is 0 Å². The number of nitrogens with zero attached hydrogens (tertiary/aromatic N) is 3. The van der Waals surface area contributed by atoms with E-state index in [4.69, 9.17) is 14.2 Å². The van der Waals surface area contributed by atoms with Crippen LogP contribution in [0.15, 0.2) is 0 Å². The van der Waals surface area contributed by atoms with Gasteiger partial charge in [0.05, 0.1) is 0 Å². The Morgan fingerprint density at radius 3 is 0.487 bits per heavy atom. The molecule has 0 aromatic heterocycles. The normalized spacial score (nSPS) is 28.6. The Balaban J connectivity index is 0.000000230. The van der Waals surface area contributed by atoms with Gasteiger partial charge < -0.3 is 28.9 Å². The maximum atomic E-state index is 12.7. The van der Waals surface area contributed by atoms with Crippen molar-refractivity contribution in [3.63, 3.8) is 0 Å². The highest BCUT2D eigenvalue weighted by atomic mass is 16.6. The molecule has 24 unspecified atom stereocenters. The first kappa shape index (κ1) is 130. The lowest BCUT2D eigenvalue weighted by Gasteiger charge is -2.18. The van der Waals surface area contributed by atoms with E-state index in [0.29, 0.717) is 19.3 Å². The molecule has 0 N–H and O–H groups in total. The quantitative estimate of drug-likeness (QED) is 0.0336. The number of rotatable bonds is 105. The zero-order valence-corrected chi connectivity index (χ0v) is 103. The summed E-state index contributed by atoms with van der Waals surface area (Å²) in [7, 11) is 12.5. The molecule has 0 aromatic rings. The fraction of sp³-hybridized carbons (Fsp3) is 0.979. The summed E-state index contributed by atoms with van der Waals surface area (Å²) in [5, 5.41) is 0. The van der Waals surface area contributed by atoms with E-state index in [2.05, 4.69) is 98.5 Å². The van der Waals surface area contributed by atoms with Crippen LogP contribution < -0.4 is 0 Å². The Labute approximate surface area is 935 Å². The second-order valence-electron chi connectivity index (χ2n) is 56.7. The second-order valence-corrected chi connectivity index (χ2v) is 56.7. The van der Waals surface area contributed by atoms with Crippen molar-refractivity contribution in [2.45, 2.75) is 676 Å². The van der Waals surface area contributed by atoms with Crippen LogP contribution in [-0.2, 0) is 28.6 Å². The minimum absolute atomic E-state index is 0.0339. The van der Waals surface area contributed by atoms with E-state index in [1.54, 1.807) is 103 Å². The van der Waals surface area contributed by atoms with Crippen LogP contribution in [0.4, 0.5) is 0 Å². The fourth-order valence-corrected chi connectivity index (χ4v) is 29.8. The topological polar surface area (TPSA) is 88.6 Å². The number of unbranched alkanes of at least 4 members (excludes halogenated alkanes) is 44. The number of esters is 3. The summed E-state index contributed by atoms with van der Waals surface area (Å²) in [5.41, 5.74) is 0. The molecule has 9 nitrogen and oxygen atoms in total. The van der Waals surface area contributed by atoms with Crippen molar-refractivity contribution in [2.75, 3.05) is 61.9 Å². The third-order valence-corrected chi connectivity index (χ3v) is 41.7. The SMILES string of the molecule is CCC1CC1CC1CC1CC1CC1CCCCCCCCC(CCCCCCCCC1CC1CC1CC1CC1CC1CC)OC(=O)CCCN(C)C.CCCCCC1CC1CC1CC1CCCCCCCCC(CCCCCCCCC1CC1CC1CC1CCCCC)OC(=O)CCCN(C)C.CCCCCCCCC1CC1CCCCCCCCC(CCCCCCCCC1CC1CCCCCCCC)OC(=O)CCCN(C)C. The molecule has 0 bridgehead atoms. The first-order chi connectivity index (χ1) is 73.4. The zero-order valence-electron chi connectivity index (χ0n) is 103. The van der Waals surface area contributed by atoms with E-state index in [-0.39, 0.29) is 36.2 Å². The van der Waals surface area contributed by atoms with Gasteiger partial charge in [0.15, 0.2) is 0 Å². The molecule has 12 fully saturated rings. The van der Waals surface area contributed by atoms with E-state index in [0.717, 1.165) is 219 Å². The summed E-state index contributed by atoms with van der Waals surface area (Å²) >= 11 is 0. The smallest absolute Gasteiger partial charge is 0.306 e. The average Bonchev–Trinajstić information content (AvgIpc) is 1.63. The molecule has 12 saturated carbocycles. The zero-order chi connectivity index (χ0) is 106. The Morgan fingerprint density at radius 1 is 0.173 bits per heavy atom. The van der Waals surface area contributed by atoms with Gasteiger partial charge in [0.25, 0.3) is 0 Å². The molecule has 0 aromatic carbocycles. The standard InChI is InChI=1S/C49H87NO2.C47H87NO2.C45H87NO2/c1-5-36-26-40(36)30-44-34-46(44)32-42-28-38(42)20-15-11-7-9-13-17-22-48(52-49(51)24-19-25-50(3)4)23-18-14-10-8-12-16-21-39-29-43(39)33-47-35-45(47)31-41-27-37(41)6-2;1-5-7-17-24-38-32-42(38)36-44-34-40(44)26-19-13-9-11-15-21-28-46(50-47(49)30-23-31-48(3)4)29-22-16-12-10-14-20-27-41-35-45(41)37-43-33-39(43)25-18-8-6-2;1-5-7-9-11-17-23-30-40-38-42(40)32-25-19-13-15-21-27-34-44(48-45(47)36-29-37-46(3)4)35-28-22-16-14-20-26-33-43-39-41(43)31-24-18-12-10-8-6-2/h36-48H,5-35H2,1-4H3;38-46H,5-37H2,1-4H3;40-44H,5-39H2,1-4H3. The van der Waals surface area contributed by atoms with E-state index in [1.807, 2.05) is 0 Å². The van der Waals surface area contributed by atoms with Gasteiger partial charge in [-0.05, 0) is 416 Å². The van der Waals surface area contributed by atoms with Crippen molar-refractivity contribution in [3.05, 3.63) is 0 Å². The lowest BCUT2D eigenvalue weighted by Crippen LogP contribution is -2.20. The van der Waals surface area contributed by atoms with Crippen molar-refractivity contribution in [1.82, 2.24) is 14.7 Å². The number of hydrogen-bond acceptors (Lipinski definition) is 9. The summed E-state index contributed by atoms with van der Waals surface area (Å²) in [5.74, 6) is 26.6. The minimum atomic E-state index is 0.0339. The Morgan fingerprint density at radius 2 is 0.307 bits per heavy atom. The molecule has 876 valence electrons.